The summed E-state index contributed by atoms with van der Waals surface area (Å²) in [5.41, 5.74) is 5.55. The van der Waals surface area contributed by atoms with Crippen LogP contribution in [0.2, 0.25) is 5.22 Å². The molecule has 1 aromatic heterocycles. The van der Waals surface area contributed by atoms with E-state index in [4.69, 9.17) is 26.9 Å². The lowest BCUT2D eigenvalue weighted by Gasteiger charge is -2.10. The number of hydrogen-bond donors (Lipinski definition) is 2. The average Bonchev–Trinajstić information content (AvgIpc) is 2.34. The van der Waals surface area contributed by atoms with Gasteiger partial charge in [-0.15, -0.1) is 0 Å². The molecule has 0 aliphatic heterocycles. The molecule has 0 fully saturated rings. The van der Waals surface area contributed by atoms with Gasteiger partial charge in [0.2, 0.25) is 0 Å². The fourth-order valence-corrected chi connectivity index (χ4v) is 0.897. The van der Waals surface area contributed by atoms with Crippen LogP contribution < -0.4 is 5.73 Å². The smallest absolute Gasteiger partial charge is 0.193 e. The first kappa shape index (κ1) is 8.59. The van der Waals surface area contributed by atoms with Crippen LogP contribution in [0.4, 0.5) is 0 Å². The van der Waals surface area contributed by atoms with Gasteiger partial charge in [-0.2, -0.15) is 0 Å². The van der Waals surface area contributed by atoms with Crippen molar-refractivity contribution in [3.63, 3.8) is 0 Å². The van der Waals surface area contributed by atoms with Gasteiger partial charge in [-0.3, -0.25) is 0 Å². The van der Waals surface area contributed by atoms with Gasteiger partial charge in [-0.25, -0.2) is 0 Å². The maximum Gasteiger partial charge on any atom is 0.193 e. The predicted molar refractivity (Wildman–Crippen MR) is 42.3 cm³/mol. The lowest BCUT2D eigenvalue weighted by Crippen LogP contribution is -2.22. The molecule has 0 aliphatic rings. The van der Waals surface area contributed by atoms with Crippen LogP contribution in [0.5, 0.6) is 0 Å². The zero-order valence-corrected chi connectivity index (χ0v) is 6.88. The molecule has 0 spiro atoms. The van der Waals surface area contributed by atoms with E-state index in [2.05, 4.69) is 0 Å². The molecule has 0 aromatic carbocycles. The second-order valence-electron chi connectivity index (χ2n) is 2.41. The fraction of sp³-hybridized carbons (Fsp3) is 0.429. The summed E-state index contributed by atoms with van der Waals surface area (Å²) in [6, 6.07) is 2.75. The summed E-state index contributed by atoms with van der Waals surface area (Å²) < 4.78 is 4.99. The minimum absolute atomic E-state index is 0.288. The van der Waals surface area contributed by atoms with Gasteiger partial charge in [0.1, 0.15) is 5.76 Å². The molecule has 0 bridgehead atoms. The van der Waals surface area contributed by atoms with Crippen LogP contribution in [0, 0.1) is 0 Å². The molecule has 1 heterocycles. The van der Waals surface area contributed by atoms with Gasteiger partial charge in [0.25, 0.3) is 0 Å². The molecule has 0 radical (unpaired) electrons. The Labute approximate surface area is 69.8 Å². The fourth-order valence-electron chi connectivity index (χ4n) is 0.745. The van der Waals surface area contributed by atoms with E-state index in [0.29, 0.717) is 5.76 Å². The highest BCUT2D eigenvalue weighted by atomic mass is 35.5. The first-order chi connectivity index (χ1) is 5.11. The largest absolute Gasteiger partial charge is 0.448 e. The van der Waals surface area contributed by atoms with Crippen LogP contribution in [-0.2, 0) is 0 Å². The van der Waals surface area contributed by atoms with E-state index in [-0.39, 0.29) is 5.22 Å². The van der Waals surface area contributed by atoms with E-state index < -0.39 is 12.1 Å². The molecule has 11 heavy (non-hydrogen) atoms. The van der Waals surface area contributed by atoms with Crippen molar-refractivity contribution in [1.29, 1.82) is 0 Å². The van der Waals surface area contributed by atoms with Crippen molar-refractivity contribution in [1.82, 2.24) is 0 Å². The van der Waals surface area contributed by atoms with Crippen LogP contribution in [0.25, 0.3) is 0 Å². The van der Waals surface area contributed by atoms with E-state index in [9.17, 15) is 0 Å². The molecular weight excluding hydrogens is 166 g/mol. The van der Waals surface area contributed by atoms with Crippen molar-refractivity contribution >= 4 is 11.6 Å². The number of furan rings is 1. The number of halogens is 1. The van der Waals surface area contributed by atoms with E-state index in [1.165, 1.54) is 0 Å². The quantitative estimate of drug-likeness (QED) is 0.713. The van der Waals surface area contributed by atoms with Crippen LogP contribution in [-0.4, -0.2) is 11.2 Å². The van der Waals surface area contributed by atoms with E-state index in [1.54, 1.807) is 19.1 Å². The second kappa shape index (κ2) is 3.26. The monoisotopic (exact) mass is 175 g/mol. The molecule has 4 heteroatoms. The second-order valence-corrected chi connectivity index (χ2v) is 2.78. The number of aliphatic hydroxyl groups is 1. The van der Waals surface area contributed by atoms with Crippen molar-refractivity contribution in [3.05, 3.63) is 23.1 Å². The zero-order chi connectivity index (χ0) is 8.43. The average molecular weight is 176 g/mol. The molecule has 0 saturated heterocycles. The summed E-state index contributed by atoms with van der Waals surface area (Å²) in [4.78, 5) is 0. The number of hydrogen-bond acceptors (Lipinski definition) is 3. The summed E-state index contributed by atoms with van der Waals surface area (Å²) in [7, 11) is 0. The third-order valence-corrected chi connectivity index (χ3v) is 1.65. The van der Waals surface area contributed by atoms with Crippen LogP contribution >= 0.6 is 11.6 Å². The molecule has 0 unspecified atom stereocenters. The first-order valence-electron chi connectivity index (χ1n) is 3.30. The van der Waals surface area contributed by atoms with Crippen LogP contribution in [0.3, 0.4) is 0 Å². The standard InChI is InChI=1S/C7H10ClNO2/c1-4(10)7(9)5-2-3-6(8)11-5/h2-4,7,10H,9H2,1H3/t4-,7+/m1/s1. The van der Waals surface area contributed by atoms with Crippen LogP contribution in [0.1, 0.15) is 18.7 Å². The predicted octanol–water partition coefficient (Wildman–Crippen LogP) is 1.31. The minimum atomic E-state index is -0.628. The molecule has 0 saturated carbocycles. The maximum absolute atomic E-state index is 9.06. The van der Waals surface area contributed by atoms with Crippen molar-refractivity contribution in [3.8, 4) is 0 Å². The molecule has 0 amide bonds. The van der Waals surface area contributed by atoms with Gasteiger partial charge < -0.3 is 15.3 Å². The summed E-state index contributed by atoms with van der Waals surface area (Å²) in [6.45, 7) is 1.60. The third-order valence-electron chi connectivity index (χ3n) is 1.44. The van der Waals surface area contributed by atoms with Gasteiger partial charge in [0, 0.05) is 0 Å². The molecule has 3 nitrogen and oxygen atoms in total. The molecule has 0 aliphatic carbocycles. The number of nitrogens with two attached hydrogens (primary N) is 1. The van der Waals surface area contributed by atoms with Crippen molar-refractivity contribution in [2.24, 2.45) is 5.73 Å². The Morgan fingerprint density at radius 1 is 1.64 bits per heavy atom. The molecular formula is C7H10ClNO2. The summed E-state index contributed by atoms with van der Waals surface area (Å²) in [5.74, 6) is 0.505. The molecule has 1 aromatic rings. The maximum atomic E-state index is 9.06. The van der Waals surface area contributed by atoms with Crippen molar-refractivity contribution in [2.45, 2.75) is 19.1 Å². The minimum Gasteiger partial charge on any atom is -0.448 e. The van der Waals surface area contributed by atoms with Gasteiger partial charge >= 0.3 is 0 Å². The normalized spacial score (nSPS) is 16.4. The molecule has 62 valence electrons. The zero-order valence-electron chi connectivity index (χ0n) is 6.12. The SMILES string of the molecule is C[C@@H](O)[C@H](N)c1ccc(Cl)o1. The third kappa shape index (κ3) is 1.96. The highest BCUT2D eigenvalue weighted by molar-refractivity contribution is 6.28. The lowest BCUT2D eigenvalue weighted by molar-refractivity contribution is 0.153. The van der Waals surface area contributed by atoms with Gasteiger partial charge in [-0.1, -0.05) is 0 Å². The summed E-state index contributed by atoms with van der Waals surface area (Å²) in [5, 5.41) is 9.34. The van der Waals surface area contributed by atoms with E-state index in [0.717, 1.165) is 0 Å². The van der Waals surface area contributed by atoms with E-state index in [1.807, 2.05) is 0 Å². The topological polar surface area (TPSA) is 59.4 Å². The Hall–Kier alpha value is -0.510. The van der Waals surface area contributed by atoms with Crippen molar-refractivity contribution < 1.29 is 9.52 Å². The Bertz CT molecular complexity index is 234. The highest BCUT2D eigenvalue weighted by Gasteiger charge is 2.15. The summed E-state index contributed by atoms with van der Waals surface area (Å²) >= 11 is 5.51. The van der Waals surface area contributed by atoms with Gasteiger partial charge in [-0.05, 0) is 30.7 Å². The Morgan fingerprint density at radius 2 is 2.27 bits per heavy atom. The molecule has 2 atom stereocenters. The molecule has 1 rings (SSSR count). The first-order valence-corrected chi connectivity index (χ1v) is 3.68. The van der Waals surface area contributed by atoms with E-state index >= 15 is 0 Å². The van der Waals surface area contributed by atoms with Gasteiger partial charge in [0.15, 0.2) is 5.22 Å². The lowest BCUT2D eigenvalue weighted by atomic mass is 10.1. The number of rotatable bonds is 2. The Kier molecular flexibility index (Phi) is 2.54. The molecule has 3 N–H and O–H groups in total. The van der Waals surface area contributed by atoms with Crippen molar-refractivity contribution in [2.75, 3.05) is 0 Å². The van der Waals surface area contributed by atoms with Crippen LogP contribution in [0.15, 0.2) is 16.5 Å². The Balaban J connectivity index is 2.76. The number of aliphatic hydroxyl groups excluding tert-OH is 1. The van der Waals surface area contributed by atoms with Gasteiger partial charge in [0.05, 0.1) is 12.1 Å². The highest BCUT2D eigenvalue weighted by Crippen LogP contribution is 2.20. The Morgan fingerprint density at radius 3 is 2.64 bits per heavy atom. The summed E-state index contributed by atoms with van der Waals surface area (Å²) in [6.07, 6.45) is -0.628.